The second-order valence-electron chi connectivity index (χ2n) is 6.83. The van der Waals surface area contributed by atoms with E-state index >= 15 is 0 Å². The Morgan fingerprint density at radius 2 is 1.88 bits per heavy atom. The van der Waals surface area contributed by atoms with Crippen LogP contribution in [0, 0.1) is 0 Å². The molecule has 0 radical (unpaired) electrons. The third-order valence-electron chi connectivity index (χ3n) is 5.03. The predicted octanol–water partition coefficient (Wildman–Crippen LogP) is 3.52. The molecule has 1 aliphatic heterocycles. The van der Waals surface area contributed by atoms with Gasteiger partial charge >= 0.3 is 0 Å². The molecule has 0 N–H and O–H groups in total. The summed E-state index contributed by atoms with van der Waals surface area (Å²) in [6.45, 7) is 7.84. The monoisotopic (exact) mass is 352 g/mol. The van der Waals surface area contributed by atoms with Crippen molar-refractivity contribution in [3.63, 3.8) is 0 Å². The van der Waals surface area contributed by atoms with Gasteiger partial charge in [-0.3, -0.25) is 4.90 Å². The fraction of sp³-hybridized carbons (Fsp3) is 0.350. The van der Waals surface area contributed by atoms with E-state index in [0.29, 0.717) is 8.73 Å². The first-order chi connectivity index (χ1) is 12.2. The number of hydrogen-bond acceptors (Lipinski definition) is 3. The van der Waals surface area contributed by atoms with Crippen molar-refractivity contribution in [3.05, 3.63) is 54.4 Å². The Hall–Kier alpha value is -1.74. The maximum Gasteiger partial charge on any atom is 0.142 e. The van der Waals surface area contributed by atoms with Crippen LogP contribution in [0.3, 0.4) is 0 Å². The maximum atomic E-state index is 4.70. The quantitative estimate of drug-likeness (QED) is 0.672. The van der Waals surface area contributed by atoms with Gasteiger partial charge in [0.2, 0.25) is 0 Å². The molecule has 1 saturated heterocycles. The maximum absolute atomic E-state index is 4.70. The lowest BCUT2D eigenvalue weighted by Crippen LogP contribution is -2.43. The molecule has 4 rings (SSSR count). The molecular weight excluding hydrogens is 327 g/mol. The van der Waals surface area contributed by atoms with Crippen molar-refractivity contribution in [1.29, 1.82) is 0 Å². The van der Waals surface area contributed by atoms with Gasteiger partial charge in [0.1, 0.15) is 5.65 Å². The first-order valence-corrected chi connectivity index (χ1v) is 10.3. The molecule has 0 saturated carbocycles. The third kappa shape index (κ3) is 3.62. The molecule has 3 aromatic rings. The number of hydrogen-bond donors (Lipinski definition) is 0. The van der Waals surface area contributed by atoms with E-state index in [1.165, 1.54) is 22.1 Å². The van der Waals surface area contributed by atoms with Gasteiger partial charge in [0.05, 0.1) is 0 Å². The van der Waals surface area contributed by atoms with Crippen molar-refractivity contribution in [1.82, 2.24) is 19.1 Å². The number of nitrogens with zero attached hydrogens (tertiary/aromatic N) is 4. The van der Waals surface area contributed by atoms with E-state index < -0.39 is 0 Å². The fourth-order valence-corrected chi connectivity index (χ4v) is 4.10. The molecule has 5 heteroatoms. The van der Waals surface area contributed by atoms with Gasteiger partial charge in [0.15, 0.2) is 0 Å². The summed E-state index contributed by atoms with van der Waals surface area (Å²) < 4.78 is 2.21. The van der Waals surface area contributed by atoms with Crippen LogP contribution in [0.25, 0.3) is 22.2 Å². The molecule has 1 aliphatic rings. The van der Waals surface area contributed by atoms with E-state index in [2.05, 4.69) is 70.4 Å². The van der Waals surface area contributed by atoms with Crippen LogP contribution in [0.4, 0.5) is 0 Å². The zero-order chi connectivity index (χ0) is 17.2. The number of rotatable bonds is 4. The first kappa shape index (κ1) is 16.7. The molecule has 3 heterocycles. The van der Waals surface area contributed by atoms with Crippen LogP contribution in [0.5, 0.6) is 0 Å². The number of likely N-dealkylation sites (N-methyl/N-ethyl adjacent to an activating group) is 1. The zero-order valence-electron chi connectivity index (χ0n) is 14.9. The van der Waals surface area contributed by atoms with Gasteiger partial charge < -0.3 is 9.24 Å². The van der Waals surface area contributed by atoms with E-state index in [0.717, 1.165) is 38.4 Å². The Morgan fingerprint density at radius 3 is 2.68 bits per heavy atom. The highest BCUT2D eigenvalue weighted by molar-refractivity contribution is 7.35. The molecule has 0 spiro atoms. The molecule has 4 nitrogen and oxygen atoms in total. The molecule has 2 aromatic heterocycles. The summed E-state index contributed by atoms with van der Waals surface area (Å²) in [5.41, 5.74) is 4.92. The van der Waals surface area contributed by atoms with Gasteiger partial charge in [-0.2, -0.15) is 0 Å². The number of piperazine rings is 1. The standard InChI is InChI=1S/C20H25N4P/c1-22-8-10-23(11-9-22)15-16-4-3-5-17(12-16)19-13-18-6-7-24(25-2)20(18)21-14-19/h3-7,12-14,25H,8-11,15H2,1-2H3. The van der Waals surface area contributed by atoms with E-state index in [1.807, 2.05) is 6.20 Å². The lowest BCUT2D eigenvalue weighted by molar-refractivity contribution is 0.148. The van der Waals surface area contributed by atoms with Crippen LogP contribution in [0.15, 0.2) is 48.8 Å². The largest absolute Gasteiger partial charge is 0.314 e. The molecule has 1 aromatic carbocycles. The van der Waals surface area contributed by atoms with E-state index in [1.54, 1.807) is 0 Å². The molecule has 1 unspecified atom stereocenters. The summed E-state index contributed by atoms with van der Waals surface area (Å²) in [7, 11) is 2.92. The van der Waals surface area contributed by atoms with Crippen LogP contribution < -0.4 is 0 Å². The predicted molar refractivity (Wildman–Crippen MR) is 108 cm³/mol. The number of benzene rings is 1. The normalized spacial score (nSPS) is 17.0. The highest BCUT2D eigenvalue weighted by Crippen LogP contribution is 2.27. The van der Waals surface area contributed by atoms with Gasteiger partial charge in [0, 0.05) is 56.1 Å². The summed E-state index contributed by atoms with van der Waals surface area (Å²) in [6.07, 6.45) is 4.14. The molecule has 0 bridgehead atoms. The van der Waals surface area contributed by atoms with Crippen LogP contribution >= 0.6 is 8.73 Å². The first-order valence-electron chi connectivity index (χ1n) is 8.88. The van der Waals surface area contributed by atoms with Gasteiger partial charge in [-0.05, 0) is 51.8 Å². The van der Waals surface area contributed by atoms with Crippen LogP contribution in [-0.2, 0) is 6.54 Å². The molecular formula is C20H25N4P. The topological polar surface area (TPSA) is 24.3 Å². The summed E-state index contributed by atoms with van der Waals surface area (Å²) in [5, 5.41) is 1.22. The molecule has 130 valence electrons. The Labute approximate surface area is 151 Å². The molecule has 0 aliphatic carbocycles. The molecule has 1 fully saturated rings. The Balaban J connectivity index is 1.56. The Morgan fingerprint density at radius 1 is 1.04 bits per heavy atom. The lowest BCUT2D eigenvalue weighted by Gasteiger charge is -2.32. The van der Waals surface area contributed by atoms with Gasteiger partial charge in [-0.25, -0.2) is 4.98 Å². The van der Waals surface area contributed by atoms with Crippen LogP contribution in [0.1, 0.15) is 5.56 Å². The second kappa shape index (κ2) is 7.25. The minimum absolute atomic E-state index is 0.715. The SMILES string of the molecule is CPn1ccc2cc(-c3cccc(CN4CCN(C)CC4)c3)cnc21. The average molecular weight is 352 g/mol. The summed E-state index contributed by atoms with van der Waals surface area (Å²) in [6, 6.07) is 13.3. The van der Waals surface area contributed by atoms with Gasteiger partial charge in [0.25, 0.3) is 0 Å². The third-order valence-corrected chi connectivity index (χ3v) is 5.87. The Bertz CT molecular complexity index is 865. The molecule has 25 heavy (non-hydrogen) atoms. The minimum atomic E-state index is 0.715. The fourth-order valence-electron chi connectivity index (χ4n) is 3.48. The van der Waals surface area contributed by atoms with Gasteiger partial charge in [-0.15, -0.1) is 0 Å². The molecule has 0 amide bonds. The van der Waals surface area contributed by atoms with Crippen molar-refractivity contribution in [2.45, 2.75) is 6.54 Å². The van der Waals surface area contributed by atoms with Crippen molar-refractivity contribution >= 4 is 19.8 Å². The zero-order valence-corrected chi connectivity index (χ0v) is 15.9. The summed E-state index contributed by atoms with van der Waals surface area (Å²) in [5.74, 6) is 0. The lowest BCUT2D eigenvalue weighted by atomic mass is 10.0. The second-order valence-corrected chi connectivity index (χ2v) is 7.75. The van der Waals surface area contributed by atoms with Gasteiger partial charge in [-0.1, -0.05) is 18.2 Å². The number of aromatic nitrogens is 2. The van der Waals surface area contributed by atoms with E-state index in [-0.39, 0.29) is 0 Å². The van der Waals surface area contributed by atoms with E-state index in [4.69, 9.17) is 4.98 Å². The highest BCUT2D eigenvalue weighted by Gasteiger charge is 2.14. The van der Waals surface area contributed by atoms with E-state index in [9.17, 15) is 0 Å². The van der Waals surface area contributed by atoms with Crippen molar-refractivity contribution in [3.8, 4) is 11.1 Å². The number of pyridine rings is 1. The van der Waals surface area contributed by atoms with Crippen molar-refractivity contribution in [2.75, 3.05) is 39.9 Å². The number of fused-ring (bicyclic) bond motifs is 1. The smallest absolute Gasteiger partial charge is 0.142 e. The summed E-state index contributed by atoms with van der Waals surface area (Å²) >= 11 is 0. The summed E-state index contributed by atoms with van der Waals surface area (Å²) in [4.78, 5) is 9.64. The van der Waals surface area contributed by atoms with Crippen molar-refractivity contribution in [2.24, 2.45) is 0 Å². The van der Waals surface area contributed by atoms with Crippen LogP contribution in [-0.4, -0.2) is 59.0 Å². The highest BCUT2D eigenvalue weighted by atomic mass is 31.1. The Kier molecular flexibility index (Phi) is 4.85. The van der Waals surface area contributed by atoms with Crippen molar-refractivity contribution < 1.29 is 0 Å². The molecule has 1 atom stereocenters. The minimum Gasteiger partial charge on any atom is -0.314 e. The van der Waals surface area contributed by atoms with Crippen LogP contribution in [0.2, 0.25) is 0 Å². The average Bonchev–Trinajstić information content (AvgIpc) is 3.06.